The van der Waals surface area contributed by atoms with Crippen molar-refractivity contribution in [1.29, 1.82) is 0 Å². The molecular weight excluding hydrogens is 256 g/mol. The van der Waals surface area contributed by atoms with E-state index in [4.69, 9.17) is 0 Å². The molecule has 0 amide bonds. The van der Waals surface area contributed by atoms with Crippen molar-refractivity contribution in [2.75, 3.05) is 14.1 Å². The van der Waals surface area contributed by atoms with Crippen molar-refractivity contribution in [2.45, 2.75) is 31.4 Å². The topological polar surface area (TPSA) is 70.7 Å². The van der Waals surface area contributed by atoms with Gasteiger partial charge in [-0.25, -0.2) is 9.79 Å². The van der Waals surface area contributed by atoms with E-state index >= 15 is 0 Å². The smallest absolute Gasteiger partial charge is 0.350 e. The first-order chi connectivity index (χ1) is 9.43. The fourth-order valence-electron chi connectivity index (χ4n) is 2.14. The third kappa shape index (κ3) is 3.14. The predicted octanol–water partition coefficient (Wildman–Crippen LogP) is 1.11. The van der Waals surface area contributed by atoms with E-state index in [9.17, 15) is 9.90 Å². The summed E-state index contributed by atoms with van der Waals surface area (Å²) in [5.74, 6) is 0.382. The summed E-state index contributed by atoms with van der Waals surface area (Å²) in [6.07, 6.45) is 8.03. The highest BCUT2D eigenvalue weighted by molar-refractivity contribution is 5.58. The van der Waals surface area contributed by atoms with Crippen LogP contribution in [-0.4, -0.2) is 45.6 Å². The molecule has 1 aliphatic carbocycles. The second-order valence-electron chi connectivity index (χ2n) is 5.27. The molecule has 2 atom stereocenters. The molecule has 6 heteroatoms. The number of nitrogens with zero attached hydrogens (tertiary/aromatic N) is 4. The van der Waals surface area contributed by atoms with Gasteiger partial charge in [-0.15, -0.1) is 0 Å². The maximum atomic E-state index is 12.0. The zero-order valence-electron chi connectivity index (χ0n) is 12.0. The molecule has 1 N–H and O–H groups in total. The molecule has 0 saturated carbocycles. The van der Waals surface area contributed by atoms with Crippen LogP contribution in [0.25, 0.3) is 0 Å². The van der Waals surface area contributed by atoms with Crippen LogP contribution < -0.4 is 5.69 Å². The summed E-state index contributed by atoms with van der Waals surface area (Å²) in [6.45, 7) is 1.92. The molecule has 6 nitrogen and oxygen atoms in total. The van der Waals surface area contributed by atoms with E-state index in [0.717, 1.165) is 0 Å². The Bertz CT molecular complexity index is 591. The van der Waals surface area contributed by atoms with E-state index in [1.807, 2.05) is 27.1 Å². The molecule has 1 aromatic rings. The molecule has 0 bridgehead atoms. The number of hydrogen-bond donors (Lipinski definition) is 1. The molecule has 0 unspecified atom stereocenters. The van der Waals surface area contributed by atoms with E-state index < -0.39 is 5.60 Å². The van der Waals surface area contributed by atoms with Crippen LogP contribution >= 0.6 is 0 Å². The standard InChI is InChI=1S/C14H20N4O2/c1-4-14(20)7-5-11(9-14)18-8-6-12(16-13(18)19)15-10-17(2)3/h5-8,10-11,20H,4,9H2,1-3H3/b15-10+/t11-,14+/m0/s1. The highest BCUT2D eigenvalue weighted by Crippen LogP contribution is 2.32. The lowest BCUT2D eigenvalue weighted by Crippen LogP contribution is -2.29. The Kier molecular flexibility index (Phi) is 4.04. The molecule has 108 valence electrons. The molecule has 0 radical (unpaired) electrons. The summed E-state index contributed by atoms with van der Waals surface area (Å²) in [5.41, 5.74) is -1.17. The second-order valence-corrected chi connectivity index (χ2v) is 5.27. The highest BCUT2D eigenvalue weighted by Gasteiger charge is 2.31. The van der Waals surface area contributed by atoms with Crippen molar-refractivity contribution in [3.63, 3.8) is 0 Å². The predicted molar refractivity (Wildman–Crippen MR) is 78.4 cm³/mol. The van der Waals surface area contributed by atoms with Gasteiger partial charge in [-0.1, -0.05) is 19.1 Å². The van der Waals surface area contributed by atoms with Crippen LogP contribution in [0.15, 0.2) is 34.2 Å². The van der Waals surface area contributed by atoms with E-state index in [-0.39, 0.29) is 11.7 Å². The fraction of sp³-hybridized carbons (Fsp3) is 0.500. The van der Waals surface area contributed by atoms with E-state index in [1.165, 1.54) is 4.57 Å². The van der Waals surface area contributed by atoms with E-state index in [0.29, 0.717) is 18.7 Å². The van der Waals surface area contributed by atoms with Gasteiger partial charge < -0.3 is 10.0 Å². The number of rotatable bonds is 4. The van der Waals surface area contributed by atoms with Gasteiger partial charge in [0.05, 0.1) is 18.0 Å². The number of hydrogen-bond acceptors (Lipinski definition) is 4. The monoisotopic (exact) mass is 276 g/mol. The molecule has 0 fully saturated rings. The first-order valence-electron chi connectivity index (χ1n) is 6.65. The quantitative estimate of drug-likeness (QED) is 0.508. The van der Waals surface area contributed by atoms with Crippen LogP contribution in [0.3, 0.4) is 0 Å². The Labute approximate surface area is 118 Å². The Morgan fingerprint density at radius 1 is 1.65 bits per heavy atom. The molecule has 1 aliphatic rings. The summed E-state index contributed by atoms with van der Waals surface area (Å²) in [6, 6.07) is 1.55. The van der Waals surface area contributed by atoms with Crippen LogP contribution in [-0.2, 0) is 0 Å². The number of aromatic nitrogens is 2. The molecule has 1 heterocycles. The first kappa shape index (κ1) is 14.5. The minimum absolute atomic E-state index is 0.146. The Morgan fingerprint density at radius 2 is 2.40 bits per heavy atom. The van der Waals surface area contributed by atoms with Crippen LogP contribution in [0, 0.1) is 0 Å². The van der Waals surface area contributed by atoms with Crippen LogP contribution in [0.4, 0.5) is 5.82 Å². The molecule has 1 aromatic heterocycles. The number of aliphatic hydroxyl groups is 1. The summed E-state index contributed by atoms with van der Waals surface area (Å²) in [4.78, 5) is 21.8. The van der Waals surface area contributed by atoms with Crippen molar-refractivity contribution < 1.29 is 5.11 Å². The second kappa shape index (κ2) is 5.58. The van der Waals surface area contributed by atoms with Gasteiger partial charge in [-0.2, -0.15) is 4.98 Å². The molecule has 20 heavy (non-hydrogen) atoms. The van der Waals surface area contributed by atoms with Crippen molar-refractivity contribution in [2.24, 2.45) is 4.99 Å². The summed E-state index contributed by atoms with van der Waals surface area (Å²) < 4.78 is 1.53. The number of allylic oxidation sites excluding steroid dienone is 1. The van der Waals surface area contributed by atoms with E-state index in [1.54, 1.807) is 29.6 Å². The van der Waals surface area contributed by atoms with Gasteiger partial charge in [0, 0.05) is 26.7 Å². The van der Waals surface area contributed by atoms with Crippen LogP contribution in [0.5, 0.6) is 0 Å². The van der Waals surface area contributed by atoms with Crippen LogP contribution in [0.2, 0.25) is 0 Å². The summed E-state index contributed by atoms with van der Waals surface area (Å²) in [7, 11) is 3.69. The SMILES string of the molecule is CC[C@@]1(O)C=C[C@H](n2ccc(/N=C/N(C)C)nc2=O)C1. The average molecular weight is 276 g/mol. The van der Waals surface area contributed by atoms with Gasteiger partial charge in [0.1, 0.15) is 0 Å². The van der Waals surface area contributed by atoms with Crippen LogP contribution in [0.1, 0.15) is 25.8 Å². The van der Waals surface area contributed by atoms with Gasteiger partial charge in [-0.05, 0) is 12.5 Å². The molecule has 0 saturated heterocycles. The van der Waals surface area contributed by atoms with Gasteiger partial charge in [0.25, 0.3) is 0 Å². The lowest BCUT2D eigenvalue weighted by molar-refractivity contribution is 0.0778. The average Bonchev–Trinajstić information content (AvgIpc) is 2.80. The zero-order valence-corrected chi connectivity index (χ0v) is 12.0. The van der Waals surface area contributed by atoms with Gasteiger partial charge in [-0.3, -0.25) is 4.57 Å². The van der Waals surface area contributed by atoms with Crippen molar-refractivity contribution >= 4 is 12.2 Å². The first-order valence-corrected chi connectivity index (χ1v) is 6.65. The largest absolute Gasteiger partial charge is 0.386 e. The minimum atomic E-state index is -0.814. The maximum absolute atomic E-state index is 12.0. The van der Waals surface area contributed by atoms with E-state index in [2.05, 4.69) is 9.98 Å². The lowest BCUT2D eigenvalue weighted by atomic mass is 9.99. The Morgan fingerprint density at radius 3 is 2.95 bits per heavy atom. The number of aliphatic imine (C=N–C) groups is 1. The van der Waals surface area contributed by atoms with Gasteiger partial charge in [0.2, 0.25) is 0 Å². The lowest BCUT2D eigenvalue weighted by Gasteiger charge is -2.20. The van der Waals surface area contributed by atoms with Crippen molar-refractivity contribution in [3.8, 4) is 0 Å². The summed E-state index contributed by atoms with van der Waals surface area (Å²) in [5, 5.41) is 10.2. The Balaban J connectivity index is 2.20. The highest BCUT2D eigenvalue weighted by atomic mass is 16.3. The normalized spacial score (nSPS) is 25.5. The zero-order chi connectivity index (χ0) is 14.8. The molecule has 0 spiro atoms. The van der Waals surface area contributed by atoms with Crippen molar-refractivity contribution in [1.82, 2.24) is 14.5 Å². The molecule has 0 aromatic carbocycles. The summed E-state index contributed by atoms with van der Waals surface area (Å²) >= 11 is 0. The molecule has 0 aliphatic heterocycles. The van der Waals surface area contributed by atoms with Gasteiger partial charge in [0.15, 0.2) is 5.82 Å². The molecule has 2 rings (SSSR count). The van der Waals surface area contributed by atoms with Crippen molar-refractivity contribution in [3.05, 3.63) is 34.9 Å². The maximum Gasteiger partial charge on any atom is 0.350 e. The minimum Gasteiger partial charge on any atom is -0.386 e. The third-order valence-electron chi connectivity index (χ3n) is 3.40. The fourth-order valence-corrected chi connectivity index (χ4v) is 2.14. The van der Waals surface area contributed by atoms with Gasteiger partial charge >= 0.3 is 5.69 Å². The third-order valence-corrected chi connectivity index (χ3v) is 3.40. The Hall–Kier alpha value is -1.95. The molecular formula is C14H20N4O2.